The van der Waals surface area contributed by atoms with Gasteiger partial charge in [0.2, 0.25) is 0 Å². The SMILES string of the molecule is COCC(O)CN(C)c1ccc(F)cc1CNCC(C)C. The smallest absolute Gasteiger partial charge is 0.123 e. The van der Waals surface area contributed by atoms with Crippen molar-refractivity contribution in [2.75, 3.05) is 38.8 Å². The van der Waals surface area contributed by atoms with Gasteiger partial charge in [-0.1, -0.05) is 13.8 Å². The van der Waals surface area contributed by atoms with Crippen LogP contribution in [-0.2, 0) is 11.3 Å². The molecule has 120 valence electrons. The number of aliphatic hydroxyl groups is 1. The fourth-order valence-corrected chi connectivity index (χ4v) is 2.22. The summed E-state index contributed by atoms with van der Waals surface area (Å²) in [6.07, 6.45) is -0.568. The zero-order valence-corrected chi connectivity index (χ0v) is 13.4. The molecule has 21 heavy (non-hydrogen) atoms. The summed E-state index contributed by atoms with van der Waals surface area (Å²) >= 11 is 0. The second-order valence-electron chi connectivity index (χ2n) is 5.79. The molecular formula is C16H27FN2O2. The van der Waals surface area contributed by atoms with Gasteiger partial charge in [0, 0.05) is 32.9 Å². The molecule has 0 aromatic heterocycles. The highest BCUT2D eigenvalue weighted by Crippen LogP contribution is 2.21. The van der Waals surface area contributed by atoms with Gasteiger partial charge in [-0.2, -0.15) is 0 Å². The van der Waals surface area contributed by atoms with Crippen LogP contribution in [0.25, 0.3) is 0 Å². The molecule has 2 N–H and O–H groups in total. The minimum absolute atomic E-state index is 0.245. The van der Waals surface area contributed by atoms with Crippen LogP contribution in [0, 0.1) is 11.7 Å². The van der Waals surface area contributed by atoms with Gasteiger partial charge in [0.05, 0.1) is 12.7 Å². The van der Waals surface area contributed by atoms with Crippen LogP contribution in [0.2, 0.25) is 0 Å². The fraction of sp³-hybridized carbons (Fsp3) is 0.625. The molecule has 4 nitrogen and oxygen atoms in total. The van der Waals surface area contributed by atoms with Crippen molar-refractivity contribution in [3.05, 3.63) is 29.6 Å². The average Bonchev–Trinajstić information content (AvgIpc) is 2.38. The van der Waals surface area contributed by atoms with Crippen molar-refractivity contribution in [2.45, 2.75) is 26.5 Å². The summed E-state index contributed by atoms with van der Waals surface area (Å²) in [6, 6.07) is 4.74. The van der Waals surface area contributed by atoms with Crippen molar-refractivity contribution in [3.63, 3.8) is 0 Å². The molecule has 0 bridgehead atoms. The predicted octanol–water partition coefficient (Wildman–Crippen LogP) is 2.01. The highest BCUT2D eigenvalue weighted by molar-refractivity contribution is 5.53. The van der Waals surface area contributed by atoms with Crippen LogP contribution in [0.4, 0.5) is 10.1 Å². The zero-order valence-electron chi connectivity index (χ0n) is 13.4. The Morgan fingerprint density at radius 3 is 2.71 bits per heavy atom. The summed E-state index contributed by atoms with van der Waals surface area (Å²) < 4.78 is 18.4. The number of nitrogens with one attached hydrogen (secondary N) is 1. The first kappa shape index (κ1) is 17.9. The van der Waals surface area contributed by atoms with Crippen LogP contribution < -0.4 is 10.2 Å². The van der Waals surface area contributed by atoms with E-state index in [1.165, 1.54) is 6.07 Å². The zero-order chi connectivity index (χ0) is 15.8. The molecule has 0 spiro atoms. The van der Waals surface area contributed by atoms with Crippen LogP contribution in [0.1, 0.15) is 19.4 Å². The third kappa shape index (κ3) is 6.42. The summed E-state index contributed by atoms with van der Waals surface area (Å²) in [6.45, 7) is 6.48. The van der Waals surface area contributed by atoms with Gasteiger partial charge in [-0.05, 0) is 36.2 Å². The molecular weight excluding hydrogens is 271 g/mol. The van der Waals surface area contributed by atoms with E-state index in [9.17, 15) is 9.50 Å². The first-order chi connectivity index (χ1) is 9.93. The summed E-state index contributed by atoms with van der Waals surface area (Å²) in [4.78, 5) is 1.93. The maximum Gasteiger partial charge on any atom is 0.123 e. The normalized spacial score (nSPS) is 12.7. The Bertz CT molecular complexity index is 427. The summed E-state index contributed by atoms with van der Waals surface area (Å²) in [5.74, 6) is 0.300. The number of hydrogen-bond acceptors (Lipinski definition) is 4. The van der Waals surface area contributed by atoms with Crippen LogP contribution >= 0.6 is 0 Å². The number of likely N-dealkylation sites (N-methyl/N-ethyl adjacent to an activating group) is 1. The highest BCUT2D eigenvalue weighted by Gasteiger charge is 2.13. The average molecular weight is 298 g/mol. The Labute approximate surface area is 126 Å². The lowest BCUT2D eigenvalue weighted by molar-refractivity contribution is 0.0695. The lowest BCUT2D eigenvalue weighted by Crippen LogP contribution is -2.33. The highest BCUT2D eigenvalue weighted by atomic mass is 19.1. The van der Waals surface area contributed by atoms with Gasteiger partial charge in [0.25, 0.3) is 0 Å². The van der Waals surface area contributed by atoms with Gasteiger partial charge < -0.3 is 20.1 Å². The van der Waals surface area contributed by atoms with E-state index in [1.807, 2.05) is 11.9 Å². The van der Waals surface area contributed by atoms with Gasteiger partial charge >= 0.3 is 0 Å². The van der Waals surface area contributed by atoms with Gasteiger partial charge in [0.1, 0.15) is 5.82 Å². The number of hydrogen-bond donors (Lipinski definition) is 2. The molecule has 1 aromatic rings. The summed E-state index contributed by atoms with van der Waals surface area (Å²) in [5, 5.41) is 13.1. The minimum atomic E-state index is -0.568. The van der Waals surface area contributed by atoms with Crippen LogP contribution in [0.15, 0.2) is 18.2 Å². The molecule has 0 amide bonds. The Hall–Kier alpha value is -1.17. The molecule has 1 unspecified atom stereocenters. The van der Waals surface area contributed by atoms with Gasteiger partial charge in [-0.15, -0.1) is 0 Å². The molecule has 1 atom stereocenters. The second kappa shape index (κ2) is 8.97. The maximum absolute atomic E-state index is 13.5. The molecule has 0 saturated carbocycles. The molecule has 0 aliphatic carbocycles. The molecule has 0 aliphatic heterocycles. The molecule has 5 heteroatoms. The lowest BCUT2D eigenvalue weighted by Gasteiger charge is -2.25. The first-order valence-electron chi connectivity index (χ1n) is 7.31. The van der Waals surface area contributed by atoms with E-state index >= 15 is 0 Å². The quantitative estimate of drug-likeness (QED) is 0.732. The van der Waals surface area contributed by atoms with Crippen molar-refractivity contribution in [2.24, 2.45) is 5.92 Å². The van der Waals surface area contributed by atoms with E-state index < -0.39 is 6.10 Å². The monoisotopic (exact) mass is 298 g/mol. The number of nitrogens with zero attached hydrogens (tertiary/aromatic N) is 1. The minimum Gasteiger partial charge on any atom is -0.389 e. The van der Waals surface area contributed by atoms with Gasteiger partial charge in [0.15, 0.2) is 0 Å². The number of anilines is 1. The Kier molecular flexibility index (Phi) is 7.64. The molecule has 0 aliphatic rings. The topological polar surface area (TPSA) is 44.7 Å². The van der Waals surface area contributed by atoms with E-state index in [2.05, 4.69) is 19.2 Å². The Morgan fingerprint density at radius 2 is 2.10 bits per heavy atom. The van der Waals surface area contributed by atoms with Crippen molar-refractivity contribution in [3.8, 4) is 0 Å². The maximum atomic E-state index is 13.5. The third-order valence-electron chi connectivity index (χ3n) is 3.16. The third-order valence-corrected chi connectivity index (χ3v) is 3.16. The van der Waals surface area contributed by atoms with Crippen LogP contribution in [0.5, 0.6) is 0 Å². The number of ether oxygens (including phenoxy) is 1. The van der Waals surface area contributed by atoms with Crippen molar-refractivity contribution in [1.29, 1.82) is 0 Å². The molecule has 0 radical (unpaired) electrons. The van der Waals surface area contributed by atoms with Crippen LogP contribution in [-0.4, -0.2) is 45.1 Å². The largest absolute Gasteiger partial charge is 0.389 e. The number of halogens is 1. The Balaban J connectivity index is 2.75. The molecule has 1 rings (SSSR count). The number of aliphatic hydroxyl groups excluding tert-OH is 1. The van der Waals surface area contributed by atoms with Crippen molar-refractivity contribution < 1.29 is 14.2 Å². The summed E-state index contributed by atoms with van der Waals surface area (Å²) in [7, 11) is 3.44. The second-order valence-corrected chi connectivity index (χ2v) is 5.79. The van der Waals surface area contributed by atoms with Gasteiger partial charge in [-0.25, -0.2) is 4.39 Å². The number of benzene rings is 1. The van der Waals surface area contributed by atoms with E-state index in [-0.39, 0.29) is 12.4 Å². The van der Waals surface area contributed by atoms with Crippen molar-refractivity contribution in [1.82, 2.24) is 5.32 Å². The van der Waals surface area contributed by atoms with E-state index in [1.54, 1.807) is 19.2 Å². The van der Waals surface area contributed by atoms with Crippen LogP contribution in [0.3, 0.4) is 0 Å². The van der Waals surface area contributed by atoms with E-state index in [4.69, 9.17) is 4.74 Å². The number of methoxy groups -OCH3 is 1. The lowest BCUT2D eigenvalue weighted by atomic mass is 10.1. The Morgan fingerprint density at radius 1 is 1.38 bits per heavy atom. The molecule has 0 saturated heterocycles. The van der Waals surface area contributed by atoms with E-state index in [0.717, 1.165) is 17.8 Å². The predicted molar refractivity (Wildman–Crippen MR) is 84.1 cm³/mol. The standard InChI is InChI=1S/C16H27FN2O2/c1-12(2)8-18-9-13-7-14(17)5-6-16(13)19(3)10-15(20)11-21-4/h5-7,12,15,18,20H,8-11H2,1-4H3. The first-order valence-corrected chi connectivity index (χ1v) is 7.31. The van der Waals surface area contributed by atoms with Crippen molar-refractivity contribution >= 4 is 5.69 Å². The number of rotatable bonds is 9. The molecule has 0 fully saturated rings. The fourth-order valence-electron chi connectivity index (χ4n) is 2.22. The molecule has 0 heterocycles. The molecule has 1 aromatic carbocycles. The van der Waals surface area contributed by atoms with E-state index in [0.29, 0.717) is 19.0 Å². The van der Waals surface area contributed by atoms with Gasteiger partial charge in [-0.3, -0.25) is 0 Å². The summed E-state index contributed by atoms with van der Waals surface area (Å²) in [5.41, 5.74) is 1.81.